The summed E-state index contributed by atoms with van der Waals surface area (Å²) in [5, 5.41) is -0.143. The minimum atomic E-state index is -3.11. The van der Waals surface area contributed by atoms with E-state index in [1.165, 1.54) is 0 Å². The number of hydrogen-bond acceptors (Lipinski definition) is 5. The van der Waals surface area contributed by atoms with Crippen LogP contribution in [0.4, 0.5) is 5.95 Å². The van der Waals surface area contributed by atoms with E-state index in [1.807, 2.05) is 0 Å². The Morgan fingerprint density at radius 1 is 1.25 bits per heavy atom. The van der Waals surface area contributed by atoms with Crippen LogP contribution in [0.5, 0.6) is 0 Å². The predicted octanol–water partition coefficient (Wildman–Crippen LogP) is 0.869. The largest absolute Gasteiger partial charge is 0.339 e. The Morgan fingerprint density at radius 3 is 2.60 bits per heavy atom. The molecule has 0 radical (unpaired) electrons. The molecule has 1 aliphatic heterocycles. The molecule has 1 saturated heterocycles. The van der Waals surface area contributed by atoms with E-state index >= 15 is 0 Å². The summed E-state index contributed by atoms with van der Waals surface area (Å²) in [7, 11) is -1.39. The van der Waals surface area contributed by atoms with Crippen molar-refractivity contribution in [3.05, 3.63) is 18.5 Å². The first-order chi connectivity index (χ1) is 9.59. The van der Waals surface area contributed by atoms with Crippen molar-refractivity contribution in [1.82, 2.24) is 14.3 Å². The van der Waals surface area contributed by atoms with Gasteiger partial charge >= 0.3 is 0 Å². The first-order valence-electron chi connectivity index (χ1n) is 7.08. The third-order valence-corrected chi connectivity index (χ3v) is 6.51. The Morgan fingerprint density at radius 2 is 1.95 bits per heavy atom. The molecular formula is C13H20N4O2S. The lowest BCUT2D eigenvalue weighted by molar-refractivity contribution is 0.318. The summed E-state index contributed by atoms with van der Waals surface area (Å²) in [6.07, 6.45) is 6.93. The highest BCUT2D eigenvalue weighted by atomic mass is 32.2. The Hall–Kier alpha value is -1.21. The van der Waals surface area contributed by atoms with E-state index < -0.39 is 10.0 Å². The van der Waals surface area contributed by atoms with Crippen LogP contribution in [0.25, 0.3) is 0 Å². The van der Waals surface area contributed by atoms with Crippen LogP contribution in [0.2, 0.25) is 0 Å². The first-order valence-corrected chi connectivity index (χ1v) is 8.58. The molecule has 20 heavy (non-hydrogen) atoms. The summed E-state index contributed by atoms with van der Waals surface area (Å²) >= 11 is 0. The fourth-order valence-corrected chi connectivity index (χ4v) is 4.49. The van der Waals surface area contributed by atoms with E-state index in [1.54, 1.807) is 29.8 Å². The van der Waals surface area contributed by atoms with Gasteiger partial charge in [-0.05, 0) is 31.7 Å². The Balaban J connectivity index is 1.72. The monoisotopic (exact) mass is 296 g/mol. The zero-order chi connectivity index (χ0) is 14.2. The molecule has 1 unspecified atom stereocenters. The fraction of sp³-hybridized carbons (Fsp3) is 0.692. The highest BCUT2D eigenvalue weighted by Gasteiger charge is 2.41. The van der Waals surface area contributed by atoms with Crippen LogP contribution in [0.15, 0.2) is 18.5 Å². The summed E-state index contributed by atoms with van der Waals surface area (Å²) in [6, 6.07) is 1.81. The third kappa shape index (κ3) is 2.64. The molecule has 0 spiro atoms. The van der Waals surface area contributed by atoms with Crippen molar-refractivity contribution in [2.24, 2.45) is 0 Å². The van der Waals surface area contributed by atoms with E-state index in [2.05, 4.69) is 14.9 Å². The van der Waals surface area contributed by atoms with Crippen LogP contribution in [-0.2, 0) is 10.0 Å². The highest BCUT2D eigenvalue weighted by Crippen LogP contribution is 2.32. The van der Waals surface area contributed by atoms with Crippen molar-refractivity contribution in [2.75, 3.05) is 25.0 Å². The van der Waals surface area contributed by atoms with E-state index in [9.17, 15) is 8.42 Å². The van der Waals surface area contributed by atoms with Gasteiger partial charge in [0.25, 0.3) is 0 Å². The lowest BCUT2D eigenvalue weighted by atomic mass is 10.1. The smallest absolute Gasteiger partial charge is 0.225 e. The van der Waals surface area contributed by atoms with Gasteiger partial charge in [-0.2, -0.15) is 4.31 Å². The van der Waals surface area contributed by atoms with Gasteiger partial charge in [0, 0.05) is 38.6 Å². The van der Waals surface area contributed by atoms with Crippen molar-refractivity contribution in [2.45, 2.75) is 37.0 Å². The molecule has 1 saturated carbocycles. The van der Waals surface area contributed by atoms with Gasteiger partial charge in [-0.25, -0.2) is 18.4 Å². The van der Waals surface area contributed by atoms with Gasteiger partial charge in [0.1, 0.15) is 0 Å². The third-order valence-electron chi connectivity index (χ3n) is 4.09. The number of anilines is 1. The number of rotatable bonds is 4. The summed E-state index contributed by atoms with van der Waals surface area (Å²) in [6.45, 7) is 1.56. The Labute approximate surface area is 119 Å². The molecule has 1 aliphatic carbocycles. The van der Waals surface area contributed by atoms with Crippen molar-refractivity contribution in [1.29, 1.82) is 0 Å². The molecule has 3 rings (SSSR count). The van der Waals surface area contributed by atoms with Gasteiger partial charge in [-0.3, -0.25) is 0 Å². The van der Waals surface area contributed by atoms with Gasteiger partial charge < -0.3 is 4.90 Å². The average Bonchev–Trinajstić information content (AvgIpc) is 3.32. The van der Waals surface area contributed by atoms with Crippen LogP contribution >= 0.6 is 0 Å². The molecule has 6 nitrogen and oxygen atoms in total. The molecule has 7 heteroatoms. The quantitative estimate of drug-likeness (QED) is 0.825. The second kappa shape index (κ2) is 5.29. The first kappa shape index (κ1) is 13.8. The molecule has 2 heterocycles. The van der Waals surface area contributed by atoms with Crippen molar-refractivity contribution in [3.63, 3.8) is 0 Å². The zero-order valence-electron chi connectivity index (χ0n) is 11.6. The minimum Gasteiger partial charge on any atom is -0.339 e. The summed E-state index contributed by atoms with van der Waals surface area (Å²) in [4.78, 5) is 10.6. The van der Waals surface area contributed by atoms with Gasteiger partial charge in [0.05, 0.1) is 5.25 Å². The second-order valence-corrected chi connectivity index (χ2v) is 7.82. The van der Waals surface area contributed by atoms with Crippen LogP contribution in [0.3, 0.4) is 0 Å². The Bertz CT molecular complexity index is 559. The fourth-order valence-electron chi connectivity index (χ4n) is 2.70. The van der Waals surface area contributed by atoms with Gasteiger partial charge in [0.2, 0.25) is 16.0 Å². The van der Waals surface area contributed by atoms with E-state index in [0.29, 0.717) is 12.5 Å². The maximum atomic E-state index is 12.3. The maximum absolute atomic E-state index is 12.3. The number of hydrogen-bond donors (Lipinski definition) is 0. The molecule has 1 aromatic rings. The molecular weight excluding hydrogens is 276 g/mol. The SMILES string of the molecule is CN(C1CCCN(c2ncccn2)C1)S(=O)(=O)C1CC1. The summed E-state index contributed by atoms with van der Waals surface area (Å²) in [5.74, 6) is 0.689. The van der Waals surface area contributed by atoms with Gasteiger partial charge in [-0.1, -0.05) is 0 Å². The number of likely N-dealkylation sites (N-methyl/N-ethyl adjacent to an activating group) is 1. The summed E-state index contributed by atoms with van der Waals surface area (Å²) in [5.41, 5.74) is 0. The highest BCUT2D eigenvalue weighted by molar-refractivity contribution is 7.90. The normalized spacial score (nSPS) is 24.1. The van der Waals surface area contributed by atoms with Crippen molar-refractivity contribution in [3.8, 4) is 0 Å². The zero-order valence-corrected chi connectivity index (χ0v) is 12.5. The van der Waals surface area contributed by atoms with Gasteiger partial charge in [-0.15, -0.1) is 0 Å². The maximum Gasteiger partial charge on any atom is 0.225 e. The topological polar surface area (TPSA) is 66.4 Å². The molecule has 1 aromatic heterocycles. The van der Waals surface area contributed by atoms with Crippen LogP contribution in [0.1, 0.15) is 25.7 Å². The van der Waals surface area contributed by atoms with Crippen LogP contribution < -0.4 is 4.90 Å². The van der Waals surface area contributed by atoms with Gasteiger partial charge in [0.15, 0.2) is 0 Å². The Kier molecular flexibility index (Phi) is 3.64. The molecule has 0 N–H and O–H groups in total. The van der Waals surface area contributed by atoms with E-state index in [4.69, 9.17) is 0 Å². The lowest BCUT2D eigenvalue weighted by Gasteiger charge is -2.37. The second-order valence-electron chi connectivity index (χ2n) is 5.55. The van der Waals surface area contributed by atoms with Crippen molar-refractivity contribution >= 4 is 16.0 Å². The molecule has 1 atom stereocenters. The average molecular weight is 296 g/mol. The van der Waals surface area contributed by atoms with Crippen LogP contribution in [0, 0.1) is 0 Å². The number of piperidine rings is 1. The summed E-state index contributed by atoms with van der Waals surface area (Å²) < 4.78 is 26.2. The predicted molar refractivity (Wildman–Crippen MR) is 77.0 cm³/mol. The lowest BCUT2D eigenvalue weighted by Crippen LogP contribution is -2.49. The molecule has 2 fully saturated rings. The van der Waals surface area contributed by atoms with Crippen LogP contribution in [-0.4, -0.2) is 54.1 Å². The number of aromatic nitrogens is 2. The number of sulfonamides is 1. The van der Waals surface area contributed by atoms with E-state index in [0.717, 1.165) is 32.2 Å². The molecule has 2 aliphatic rings. The van der Waals surface area contributed by atoms with Crippen molar-refractivity contribution < 1.29 is 8.42 Å². The molecule has 110 valence electrons. The molecule has 0 amide bonds. The molecule has 0 aromatic carbocycles. The minimum absolute atomic E-state index is 0.0261. The standard InChI is InChI=1S/C13H20N4O2S/c1-16(20(18,19)12-5-6-12)11-4-2-9-17(10-11)13-14-7-3-8-15-13/h3,7-8,11-12H,2,4-6,9-10H2,1H3. The van der Waals surface area contributed by atoms with E-state index in [-0.39, 0.29) is 11.3 Å². The molecule has 0 bridgehead atoms. The number of nitrogens with zero attached hydrogens (tertiary/aromatic N) is 4.